The Morgan fingerprint density at radius 1 is 1.27 bits per heavy atom. The second-order valence-electron chi connectivity index (χ2n) is 5.56. The lowest BCUT2D eigenvalue weighted by molar-refractivity contribution is -0.0302. The lowest BCUT2D eigenvalue weighted by Crippen LogP contribution is -2.53. The molecular weight excluding hydrogens is 186 g/mol. The molecule has 0 aliphatic carbocycles. The number of aliphatic hydroxyl groups excluding tert-OH is 1. The van der Waals surface area contributed by atoms with Gasteiger partial charge < -0.3 is 5.11 Å². The van der Waals surface area contributed by atoms with Crippen LogP contribution in [0.5, 0.6) is 0 Å². The molecular formula is C13H27NO. The van der Waals surface area contributed by atoms with Gasteiger partial charge in [-0.1, -0.05) is 20.3 Å². The van der Waals surface area contributed by atoms with E-state index in [1.54, 1.807) is 0 Å². The minimum Gasteiger partial charge on any atom is -0.391 e. The van der Waals surface area contributed by atoms with Gasteiger partial charge in [0.2, 0.25) is 0 Å². The van der Waals surface area contributed by atoms with E-state index < -0.39 is 0 Å². The van der Waals surface area contributed by atoms with E-state index in [1.807, 2.05) is 0 Å². The summed E-state index contributed by atoms with van der Waals surface area (Å²) in [5, 5.41) is 10.4. The van der Waals surface area contributed by atoms with Gasteiger partial charge in [0.25, 0.3) is 0 Å². The molecule has 1 heterocycles. The van der Waals surface area contributed by atoms with Crippen LogP contribution >= 0.6 is 0 Å². The average Bonchev–Trinajstić information content (AvgIpc) is 2.70. The van der Waals surface area contributed by atoms with Crippen molar-refractivity contribution in [2.45, 2.75) is 65.0 Å². The summed E-state index contributed by atoms with van der Waals surface area (Å²) in [7, 11) is 0. The minimum absolute atomic E-state index is 0.0505. The van der Waals surface area contributed by atoms with Crippen LogP contribution in [-0.4, -0.2) is 34.7 Å². The Morgan fingerprint density at radius 2 is 1.80 bits per heavy atom. The molecule has 15 heavy (non-hydrogen) atoms. The van der Waals surface area contributed by atoms with E-state index in [-0.39, 0.29) is 11.6 Å². The number of rotatable bonds is 5. The Bertz CT molecular complexity index is 185. The van der Waals surface area contributed by atoms with Crippen LogP contribution in [0, 0.1) is 5.92 Å². The zero-order chi connectivity index (χ0) is 11.5. The average molecular weight is 213 g/mol. The van der Waals surface area contributed by atoms with Crippen molar-refractivity contribution in [1.82, 2.24) is 4.90 Å². The fourth-order valence-corrected chi connectivity index (χ4v) is 2.79. The highest BCUT2D eigenvalue weighted by atomic mass is 16.3. The van der Waals surface area contributed by atoms with Gasteiger partial charge in [0.05, 0.1) is 6.10 Å². The maximum Gasteiger partial charge on any atom is 0.0743 e. The van der Waals surface area contributed by atoms with E-state index in [4.69, 9.17) is 0 Å². The standard InChI is InChI=1S/C13H27NO/c1-5-8-11(2)12(15)13(3,4)14-9-6-7-10-14/h11-12,15H,5-10H2,1-4H3. The molecule has 0 radical (unpaired) electrons. The number of likely N-dealkylation sites (tertiary alicyclic amines) is 1. The van der Waals surface area contributed by atoms with Crippen molar-refractivity contribution in [3.05, 3.63) is 0 Å². The Kier molecular flexibility index (Phi) is 4.60. The van der Waals surface area contributed by atoms with Gasteiger partial charge in [-0.25, -0.2) is 0 Å². The van der Waals surface area contributed by atoms with Crippen molar-refractivity contribution < 1.29 is 5.11 Å². The predicted molar refractivity (Wildman–Crippen MR) is 65.0 cm³/mol. The Morgan fingerprint density at radius 3 is 2.27 bits per heavy atom. The largest absolute Gasteiger partial charge is 0.391 e. The molecule has 0 aromatic heterocycles. The van der Waals surface area contributed by atoms with Gasteiger partial charge in [-0.2, -0.15) is 0 Å². The molecule has 1 rings (SSSR count). The van der Waals surface area contributed by atoms with Crippen molar-refractivity contribution in [2.75, 3.05) is 13.1 Å². The SMILES string of the molecule is CCCC(C)C(O)C(C)(C)N1CCCC1. The first-order valence-electron chi connectivity index (χ1n) is 6.43. The van der Waals surface area contributed by atoms with Crippen molar-refractivity contribution in [3.8, 4) is 0 Å². The first kappa shape index (κ1) is 13.0. The van der Waals surface area contributed by atoms with Crippen molar-refractivity contribution in [2.24, 2.45) is 5.92 Å². The van der Waals surface area contributed by atoms with Crippen LogP contribution < -0.4 is 0 Å². The summed E-state index contributed by atoms with van der Waals surface area (Å²) in [6, 6.07) is 0. The van der Waals surface area contributed by atoms with E-state index in [1.165, 1.54) is 12.8 Å². The molecule has 1 aliphatic rings. The maximum absolute atomic E-state index is 10.4. The van der Waals surface area contributed by atoms with E-state index in [0.717, 1.165) is 25.9 Å². The molecule has 2 unspecified atom stereocenters. The molecule has 0 aromatic rings. The third-order valence-electron chi connectivity index (χ3n) is 3.93. The minimum atomic E-state index is -0.199. The van der Waals surface area contributed by atoms with E-state index in [0.29, 0.717) is 5.92 Å². The van der Waals surface area contributed by atoms with Gasteiger partial charge in [-0.05, 0) is 52.1 Å². The quantitative estimate of drug-likeness (QED) is 0.759. The number of hydrogen-bond acceptors (Lipinski definition) is 2. The van der Waals surface area contributed by atoms with Gasteiger partial charge in [0.1, 0.15) is 0 Å². The zero-order valence-electron chi connectivity index (χ0n) is 10.8. The van der Waals surface area contributed by atoms with Crippen LogP contribution in [0.2, 0.25) is 0 Å². The molecule has 0 aromatic carbocycles. The third-order valence-corrected chi connectivity index (χ3v) is 3.93. The predicted octanol–water partition coefficient (Wildman–Crippen LogP) is 2.66. The topological polar surface area (TPSA) is 23.5 Å². The van der Waals surface area contributed by atoms with Crippen LogP contribution in [0.15, 0.2) is 0 Å². The van der Waals surface area contributed by atoms with E-state index in [2.05, 4.69) is 32.6 Å². The second-order valence-corrected chi connectivity index (χ2v) is 5.56. The van der Waals surface area contributed by atoms with Crippen LogP contribution in [0.4, 0.5) is 0 Å². The Balaban J connectivity index is 2.57. The van der Waals surface area contributed by atoms with Gasteiger partial charge in [0, 0.05) is 5.54 Å². The van der Waals surface area contributed by atoms with Crippen LogP contribution in [0.1, 0.15) is 53.4 Å². The third kappa shape index (κ3) is 2.94. The summed E-state index contributed by atoms with van der Waals surface area (Å²) in [4.78, 5) is 2.45. The molecule has 0 saturated carbocycles. The lowest BCUT2D eigenvalue weighted by atomic mass is 9.84. The van der Waals surface area contributed by atoms with E-state index in [9.17, 15) is 5.11 Å². The molecule has 1 aliphatic heterocycles. The van der Waals surface area contributed by atoms with Crippen LogP contribution in [0.3, 0.4) is 0 Å². The number of hydrogen-bond donors (Lipinski definition) is 1. The molecule has 2 atom stereocenters. The fourth-order valence-electron chi connectivity index (χ4n) is 2.79. The molecule has 2 heteroatoms. The summed E-state index contributed by atoms with van der Waals surface area (Å²) in [6.45, 7) is 11.0. The van der Waals surface area contributed by atoms with Crippen molar-refractivity contribution in [3.63, 3.8) is 0 Å². The normalized spacial score (nSPS) is 23.0. The highest BCUT2D eigenvalue weighted by molar-refractivity contribution is 4.92. The summed E-state index contributed by atoms with van der Waals surface area (Å²) in [5.74, 6) is 0.408. The van der Waals surface area contributed by atoms with Gasteiger partial charge in [-0.3, -0.25) is 4.90 Å². The molecule has 0 spiro atoms. The molecule has 90 valence electrons. The van der Waals surface area contributed by atoms with Crippen molar-refractivity contribution >= 4 is 0 Å². The highest BCUT2D eigenvalue weighted by Gasteiger charge is 2.37. The molecule has 1 saturated heterocycles. The zero-order valence-corrected chi connectivity index (χ0v) is 10.8. The van der Waals surface area contributed by atoms with Gasteiger partial charge >= 0.3 is 0 Å². The lowest BCUT2D eigenvalue weighted by Gasteiger charge is -2.42. The van der Waals surface area contributed by atoms with Gasteiger partial charge in [0.15, 0.2) is 0 Å². The first-order chi connectivity index (χ1) is 7.00. The highest BCUT2D eigenvalue weighted by Crippen LogP contribution is 2.29. The first-order valence-corrected chi connectivity index (χ1v) is 6.43. The molecule has 0 amide bonds. The maximum atomic E-state index is 10.4. The number of aliphatic hydroxyl groups is 1. The smallest absolute Gasteiger partial charge is 0.0743 e. The molecule has 1 N–H and O–H groups in total. The van der Waals surface area contributed by atoms with Gasteiger partial charge in [-0.15, -0.1) is 0 Å². The summed E-state index contributed by atoms with van der Waals surface area (Å²) in [6.07, 6.45) is 4.67. The van der Waals surface area contributed by atoms with E-state index >= 15 is 0 Å². The van der Waals surface area contributed by atoms with Crippen LogP contribution in [-0.2, 0) is 0 Å². The summed E-state index contributed by atoms with van der Waals surface area (Å²) < 4.78 is 0. The Hall–Kier alpha value is -0.0800. The number of nitrogens with zero attached hydrogens (tertiary/aromatic N) is 1. The van der Waals surface area contributed by atoms with Crippen LogP contribution in [0.25, 0.3) is 0 Å². The summed E-state index contributed by atoms with van der Waals surface area (Å²) >= 11 is 0. The monoisotopic (exact) mass is 213 g/mol. The van der Waals surface area contributed by atoms with Crippen molar-refractivity contribution in [1.29, 1.82) is 0 Å². The molecule has 0 bridgehead atoms. The second kappa shape index (κ2) is 5.31. The summed E-state index contributed by atoms with van der Waals surface area (Å²) in [5.41, 5.74) is -0.0505. The Labute approximate surface area is 94.7 Å². The fraction of sp³-hybridized carbons (Fsp3) is 1.00. The molecule has 2 nitrogen and oxygen atoms in total. The molecule has 1 fully saturated rings.